The molecule has 1 atom stereocenters. The molecule has 0 saturated heterocycles. The van der Waals surface area contributed by atoms with Crippen molar-refractivity contribution in [3.63, 3.8) is 0 Å². The molecular weight excluding hydrogens is 228 g/mol. The van der Waals surface area contributed by atoms with Crippen molar-refractivity contribution in [3.05, 3.63) is 28.0 Å². The molecule has 0 saturated carbocycles. The third-order valence-electron chi connectivity index (χ3n) is 2.23. The van der Waals surface area contributed by atoms with E-state index in [1.54, 1.807) is 0 Å². The molecule has 17 heavy (non-hydrogen) atoms. The van der Waals surface area contributed by atoms with Gasteiger partial charge in [0.15, 0.2) is 5.76 Å². The molecule has 0 radical (unpaired) electrons. The molecule has 7 heteroatoms. The third kappa shape index (κ3) is 3.87. The standard InChI is InChI=1S/C10H14N2O5/c1-7(4-5-13)6-11-10(14)8-2-3-9(17-8)12(15)16/h2-3,7,13H,4-6H2,1H3,(H,11,14). The zero-order chi connectivity index (χ0) is 12.8. The van der Waals surface area contributed by atoms with Gasteiger partial charge in [-0.15, -0.1) is 0 Å². The van der Waals surface area contributed by atoms with Gasteiger partial charge in [0, 0.05) is 13.2 Å². The Balaban J connectivity index is 2.49. The van der Waals surface area contributed by atoms with Crippen LogP contribution in [0.1, 0.15) is 23.9 Å². The molecule has 0 aromatic carbocycles. The van der Waals surface area contributed by atoms with Crippen LogP contribution in [0, 0.1) is 16.0 Å². The molecule has 0 aliphatic carbocycles. The SMILES string of the molecule is CC(CCO)CNC(=O)c1ccc([N+](=O)[O-])o1. The summed E-state index contributed by atoms with van der Waals surface area (Å²) in [5.74, 6) is -0.914. The first-order valence-corrected chi connectivity index (χ1v) is 5.18. The Hall–Kier alpha value is -1.89. The highest BCUT2D eigenvalue weighted by atomic mass is 16.6. The third-order valence-corrected chi connectivity index (χ3v) is 2.23. The molecule has 0 fully saturated rings. The first-order chi connectivity index (χ1) is 8.04. The minimum Gasteiger partial charge on any atom is -0.396 e. The second-order valence-electron chi connectivity index (χ2n) is 3.72. The number of amides is 1. The maximum Gasteiger partial charge on any atom is 0.433 e. The number of hydrogen-bond acceptors (Lipinski definition) is 5. The minimum absolute atomic E-state index is 0.0588. The van der Waals surface area contributed by atoms with Crippen LogP contribution in [0.2, 0.25) is 0 Å². The Morgan fingerprint density at radius 3 is 2.88 bits per heavy atom. The highest BCUT2D eigenvalue weighted by Crippen LogP contribution is 2.15. The fourth-order valence-corrected chi connectivity index (χ4v) is 1.22. The number of rotatable bonds is 6. The molecular formula is C10H14N2O5. The average molecular weight is 242 g/mol. The second kappa shape index (κ2) is 6.00. The first kappa shape index (κ1) is 13.2. The summed E-state index contributed by atoms with van der Waals surface area (Å²) in [7, 11) is 0. The summed E-state index contributed by atoms with van der Waals surface area (Å²) < 4.78 is 4.74. The summed E-state index contributed by atoms with van der Waals surface area (Å²) in [4.78, 5) is 21.1. The first-order valence-electron chi connectivity index (χ1n) is 5.18. The number of aliphatic hydroxyl groups excluding tert-OH is 1. The number of aliphatic hydroxyl groups is 1. The lowest BCUT2D eigenvalue weighted by Crippen LogP contribution is -2.28. The summed E-state index contributed by atoms with van der Waals surface area (Å²) in [5, 5.41) is 21.6. The van der Waals surface area contributed by atoms with Crippen molar-refractivity contribution in [2.45, 2.75) is 13.3 Å². The van der Waals surface area contributed by atoms with Crippen molar-refractivity contribution in [1.82, 2.24) is 5.32 Å². The van der Waals surface area contributed by atoms with Crippen LogP contribution in [0.15, 0.2) is 16.5 Å². The van der Waals surface area contributed by atoms with Crippen LogP contribution >= 0.6 is 0 Å². The molecule has 2 N–H and O–H groups in total. The smallest absolute Gasteiger partial charge is 0.396 e. The van der Waals surface area contributed by atoms with E-state index in [9.17, 15) is 14.9 Å². The summed E-state index contributed by atoms with van der Waals surface area (Å²) in [6.07, 6.45) is 0.582. The molecule has 0 spiro atoms. The van der Waals surface area contributed by atoms with Crippen LogP contribution in [0.25, 0.3) is 0 Å². The highest BCUT2D eigenvalue weighted by molar-refractivity contribution is 5.91. The van der Waals surface area contributed by atoms with Crippen LogP contribution in [-0.2, 0) is 0 Å². The monoisotopic (exact) mass is 242 g/mol. The van der Waals surface area contributed by atoms with Gasteiger partial charge in [-0.05, 0) is 18.4 Å². The van der Waals surface area contributed by atoms with E-state index >= 15 is 0 Å². The van der Waals surface area contributed by atoms with Crippen molar-refractivity contribution in [1.29, 1.82) is 0 Å². The number of hydrogen-bond donors (Lipinski definition) is 2. The number of furan rings is 1. The molecule has 1 aromatic heterocycles. The van der Waals surface area contributed by atoms with Crippen molar-refractivity contribution in [2.24, 2.45) is 5.92 Å². The number of nitrogens with one attached hydrogen (secondary N) is 1. The van der Waals surface area contributed by atoms with E-state index in [0.717, 1.165) is 6.07 Å². The van der Waals surface area contributed by atoms with Gasteiger partial charge < -0.3 is 14.8 Å². The van der Waals surface area contributed by atoms with Crippen LogP contribution < -0.4 is 5.32 Å². The van der Waals surface area contributed by atoms with Gasteiger partial charge in [-0.25, -0.2) is 0 Å². The van der Waals surface area contributed by atoms with Crippen LogP contribution in [-0.4, -0.2) is 29.1 Å². The van der Waals surface area contributed by atoms with Crippen molar-refractivity contribution in [3.8, 4) is 0 Å². The Morgan fingerprint density at radius 2 is 2.35 bits per heavy atom. The summed E-state index contributed by atoms with van der Waals surface area (Å²) in [6, 6.07) is 2.39. The Kier molecular flexibility index (Phi) is 4.65. The minimum atomic E-state index is -0.703. The van der Waals surface area contributed by atoms with E-state index in [2.05, 4.69) is 5.32 Å². The molecule has 0 bridgehead atoms. The zero-order valence-electron chi connectivity index (χ0n) is 9.38. The van der Waals surface area contributed by atoms with Gasteiger partial charge in [-0.1, -0.05) is 6.92 Å². The molecule has 0 aliphatic rings. The van der Waals surface area contributed by atoms with E-state index in [1.165, 1.54) is 6.07 Å². The highest BCUT2D eigenvalue weighted by Gasteiger charge is 2.17. The van der Waals surface area contributed by atoms with E-state index in [-0.39, 0.29) is 18.3 Å². The molecule has 1 amide bonds. The van der Waals surface area contributed by atoms with Crippen molar-refractivity contribution < 1.29 is 19.2 Å². The summed E-state index contributed by atoms with van der Waals surface area (Å²) in [5.41, 5.74) is 0. The maximum atomic E-state index is 11.5. The van der Waals surface area contributed by atoms with Crippen molar-refractivity contribution >= 4 is 11.8 Å². The topological polar surface area (TPSA) is 106 Å². The van der Waals surface area contributed by atoms with E-state index in [0.29, 0.717) is 13.0 Å². The van der Waals surface area contributed by atoms with E-state index in [1.807, 2.05) is 6.92 Å². The van der Waals surface area contributed by atoms with Gasteiger partial charge in [-0.3, -0.25) is 14.9 Å². The molecule has 94 valence electrons. The normalized spacial score (nSPS) is 12.1. The quantitative estimate of drug-likeness (QED) is 0.570. The Morgan fingerprint density at radius 1 is 1.65 bits per heavy atom. The molecule has 0 aliphatic heterocycles. The number of nitro groups is 1. The Labute approximate surface area is 97.6 Å². The van der Waals surface area contributed by atoms with Gasteiger partial charge in [0.25, 0.3) is 5.91 Å². The van der Waals surface area contributed by atoms with Crippen LogP contribution in [0.4, 0.5) is 5.88 Å². The Bertz CT molecular complexity index is 401. The molecule has 1 rings (SSSR count). The maximum absolute atomic E-state index is 11.5. The number of nitrogens with zero attached hydrogens (tertiary/aromatic N) is 1. The largest absolute Gasteiger partial charge is 0.433 e. The number of carbonyl (C=O) groups excluding carboxylic acids is 1. The second-order valence-corrected chi connectivity index (χ2v) is 3.72. The van der Waals surface area contributed by atoms with Gasteiger partial charge in [-0.2, -0.15) is 0 Å². The summed E-state index contributed by atoms with van der Waals surface area (Å²) in [6.45, 7) is 2.32. The van der Waals surface area contributed by atoms with E-state index in [4.69, 9.17) is 9.52 Å². The van der Waals surface area contributed by atoms with Gasteiger partial charge in [0.05, 0.1) is 6.07 Å². The predicted octanol–water partition coefficient (Wildman–Crippen LogP) is 0.936. The molecule has 7 nitrogen and oxygen atoms in total. The lowest BCUT2D eigenvalue weighted by Gasteiger charge is -2.09. The molecule has 1 unspecified atom stereocenters. The van der Waals surface area contributed by atoms with Crippen molar-refractivity contribution in [2.75, 3.05) is 13.2 Å². The fourth-order valence-electron chi connectivity index (χ4n) is 1.22. The van der Waals surface area contributed by atoms with Crippen LogP contribution in [0.3, 0.4) is 0 Å². The summed E-state index contributed by atoms with van der Waals surface area (Å²) >= 11 is 0. The predicted molar refractivity (Wildman–Crippen MR) is 58.6 cm³/mol. The fraction of sp³-hybridized carbons (Fsp3) is 0.500. The van der Waals surface area contributed by atoms with Gasteiger partial charge in [0.1, 0.15) is 4.92 Å². The average Bonchev–Trinajstić information content (AvgIpc) is 2.75. The van der Waals surface area contributed by atoms with Gasteiger partial charge in [0.2, 0.25) is 0 Å². The van der Waals surface area contributed by atoms with Crippen LogP contribution in [0.5, 0.6) is 0 Å². The molecule has 1 aromatic rings. The van der Waals surface area contributed by atoms with Gasteiger partial charge >= 0.3 is 5.88 Å². The lowest BCUT2D eigenvalue weighted by atomic mass is 10.1. The lowest BCUT2D eigenvalue weighted by molar-refractivity contribution is -0.402. The number of carbonyl (C=O) groups is 1. The molecule has 1 heterocycles. The van der Waals surface area contributed by atoms with E-state index < -0.39 is 16.7 Å². The zero-order valence-corrected chi connectivity index (χ0v) is 9.38.